The quantitative estimate of drug-likeness (QED) is 0.761. The fourth-order valence-corrected chi connectivity index (χ4v) is 1.17. The zero-order valence-electron chi connectivity index (χ0n) is 7.86. The molecule has 1 atom stereocenters. The average molecular weight is 186 g/mol. The lowest BCUT2D eigenvalue weighted by Crippen LogP contribution is -1.99. The van der Waals surface area contributed by atoms with Gasteiger partial charge in [0.2, 0.25) is 0 Å². The maximum absolute atomic E-state index is 8.95. The molecule has 0 spiro atoms. The molecule has 0 saturated heterocycles. The SMILES string of the molecule is CC(CO)c1cc(C#N)cc(C#N)c1. The van der Waals surface area contributed by atoms with Gasteiger partial charge < -0.3 is 5.11 Å². The summed E-state index contributed by atoms with van der Waals surface area (Å²) in [6, 6.07) is 8.90. The molecule has 0 fully saturated rings. The molecule has 0 aliphatic carbocycles. The van der Waals surface area contributed by atoms with E-state index in [0.717, 1.165) is 5.56 Å². The van der Waals surface area contributed by atoms with Crippen LogP contribution in [-0.4, -0.2) is 11.7 Å². The van der Waals surface area contributed by atoms with E-state index < -0.39 is 0 Å². The minimum Gasteiger partial charge on any atom is -0.396 e. The fourth-order valence-electron chi connectivity index (χ4n) is 1.17. The normalized spacial score (nSPS) is 11.4. The van der Waals surface area contributed by atoms with Crippen LogP contribution in [0, 0.1) is 22.7 Å². The lowest BCUT2D eigenvalue weighted by molar-refractivity contribution is 0.273. The first-order valence-electron chi connectivity index (χ1n) is 4.27. The van der Waals surface area contributed by atoms with E-state index in [2.05, 4.69) is 0 Å². The minimum atomic E-state index is -0.0459. The van der Waals surface area contributed by atoms with Crippen molar-refractivity contribution in [2.75, 3.05) is 6.61 Å². The number of benzene rings is 1. The lowest BCUT2D eigenvalue weighted by atomic mass is 9.98. The van der Waals surface area contributed by atoms with Crippen LogP contribution < -0.4 is 0 Å². The molecule has 14 heavy (non-hydrogen) atoms. The summed E-state index contributed by atoms with van der Waals surface area (Å²) >= 11 is 0. The highest BCUT2D eigenvalue weighted by Crippen LogP contribution is 2.17. The van der Waals surface area contributed by atoms with Crippen LogP contribution in [0.3, 0.4) is 0 Å². The summed E-state index contributed by atoms with van der Waals surface area (Å²) in [4.78, 5) is 0. The van der Waals surface area contributed by atoms with Gasteiger partial charge in [-0.15, -0.1) is 0 Å². The summed E-state index contributed by atoms with van der Waals surface area (Å²) in [6.45, 7) is 1.86. The van der Waals surface area contributed by atoms with Crippen molar-refractivity contribution in [1.82, 2.24) is 0 Å². The molecule has 0 bridgehead atoms. The van der Waals surface area contributed by atoms with Crippen molar-refractivity contribution < 1.29 is 5.11 Å². The maximum Gasteiger partial charge on any atom is 0.0992 e. The van der Waals surface area contributed by atoms with E-state index in [-0.39, 0.29) is 12.5 Å². The molecule has 0 saturated carbocycles. The van der Waals surface area contributed by atoms with Crippen LogP contribution in [-0.2, 0) is 0 Å². The number of hydrogen-bond acceptors (Lipinski definition) is 3. The van der Waals surface area contributed by atoms with Crippen molar-refractivity contribution in [2.45, 2.75) is 12.8 Å². The zero-order chi connectivity index (χ0) is 10.6. The highest BCUT2D eigenvalue weighted by molar-refractivity contribution is 5.43. The number of nitrogens with zero attached hydrogens (tertiary/aromatic N) is 2. The summed E-state index contributed by atoms with van der Waals surface area (Å²) in [5.74, 6) is -0.0459. The van der Waals surface area contributed by atoms with E-state index in [1.807, 2.05) is 19.1 Å². The van der Waals surface area contributed by atoms with Crippen molar-refractivity contribution in [3.63, 3.8) is 0 Å². The molecule has 1 aromatic carbocycles. The van der Waals surface area contributed by atoms with Gasteiger partial charge in [0.25, 0.3) is 0 Å². The number of aliphatic hydroxyl groups is 1. The molecule has 0 heterocycles. The topological polar surface area (TPSA) is 67.8 Å². The highest BCUT2D eigenvalue weighted by atomic mass is 16.3. The summed E-state index contributed by atoms with van der Waals surface area (Å²) in [7, 11) is 0. The predicted molar refractivity (Wildman–Crippen MR) is 51.4 cm³/mol. The molecule has 1 N–H and O–H groups in total. The number of nitriles is 2. The summed E-state index contributed by atoms with van der Waals surface area (Å²) < 4.78 is 0. The number of rotatable bonds is 2. The largest absolute Gasteiger partial charge is 0.396 e. The molecule has 0 amide bonds. The Morgan fingerprint density at radius 2 is 1.71 bits per heavy atom. The summed E-state index contributed by atoms with van der Waals surface area (Å²) in [5, 5.41) is 26.4. The minimum absolute atomic E-state index is 0.0136. The van der Waals surface area contributed by atoms with Crippen LogP contribution in [0.1, 0.15) is 29.5 Å². The molecule has 1 unspecified atom stereocenters. The first kappa shape index (κ1) is 10.2. The Morgan fingerprint density at radius 3 is 2.07 bits per heavy atom. The Kier molecular flexibility index (Phi) is 3.23. The van der Waals surface area contributed by atoms with E-state index in [9.17, 15) is 0 Å². The highest BCUT2D eigenvalue weighted by Gasteiger charge is 2.06. The van der Waals surface area contributed by atoms with Crippen molar-refractivity contribution in [1.29, 1.82) is 10.5 Å². The summed E-state index contributed by atoms with van der Waals surface area (Å²) in [6.07, 6.45) is 0. The second-order valence-electron chi connectivity index (χ2n) is 3.15. The second-order valence-corrected chi connectivity index (χ2v) is 3.15. The van der Waals surface area contributed by atoms with E-state index in [1.54, 1.807) is 12.1 Å². The molecular formula is C11H10N2O. The molecule has 0 aliphatic rings. The van der Waals surface area contributed by atoms with Crippen LogP contribution in [0.5, 0.6) is 0 Å². The zero-order valence-corrected chi connectivity index (χ0v) is 7.86. The molecule has 3 heteroatoms. The van der Waals surface area contributed by atoms with Gasteiger partial charge in [-0.1, -0.05) is 6.92 Å². The molecule has 1 aromatic rings. The Morgan fingerprint density at radius 1 is 1.21 bits per heavy atom. The standard InChI is InChI=1S/C11H10N2O/c1-8(7-14)11-3-9(5-12)2-10(4-11)6-13/h2-4,8,14H,7H2,1H3. The van der Waals surface area contributed by atoms with Crippen molar-refractivity contribution in [2.24, 2.45) is 0 Å². The van der Waals surface area contributed by atoms with Crippen molar-refractivity contribution >= 4 is 0 Å². The van der Waals surface area contributed by atoms with E-state index in [1.165, 1.54) is 6.07 Å². The Hall–Kier alpha value is -1.84. The van der Waals surface area contributed by atoms with Crippen LogP contribution in [0.2, 0.25) is 0 Å². The van der Waals surface area contributed by atoms with Gasteiger partial charge in [0.1, 0.15) is 0 Å². The van der Waals surface area contributed by atoms with E-state index in [4.69, 9.17) is 15.6 Å². The van der Waals surface area contributed by atoms with Crippen molar-refractivity contribution in [3.8, 4) is 12.1 Å². The second kappa shape index (κ2) is 4.41. The summed E-state index contributed by atoms with van der Waals surface area (Å²) in [5.41, 5.74) is 1.74. The number of aliphatic hydroxyl groups excluding tert-OH is 1. The Bertz CT molecular complexity index is 380. The maximum atomic E-state index is 8.95. The van der Waals surface area contributed by atoms with Gasteiger partial charge in [0.15, 0.2) is 0 Å². The number of hydrogen-bond donors (Lipinski definition) is 1. The molecule has 70 valence electrons. The van der Waals surface area contributed by atoms with Gasteiger partial charge in [-0.3, -0.25) is 0 Å². The third-order valence-electron chi connectivity index (χ3n) is 2.06. The van der Waals surface area contributed by atoms with Gasteiger partial charge in [-0.2, -0.15) is 10.5 Å². The predicted octanol–water partition coefficient (Wildman–Crippen LogP) is 1.53. The third-order valence-corrected chi connectivity index (χ3v) is 2.06. The Balaban J connectivity index is 3.20. The molecule has 3 nitrogen and oxygen atoms in total. The van der Waals surface area contributed by atoms with Gasteiger partial charge in [-0.05, 0) is 23.8 Å². The van der Waals surface area contributed by atoms with Crippen LogP contribution in [0.4, 0.5) is 0 Å². The van der Waals surface area contributed by atoms with Gasteiger partial charge in [-0.25, -0.2) is 0 Å². The molecular weight excluding hydrogens is 176 g/mol. The molecule has 0 aromatic heterocycles. The molecule has 1 rings (SSSR count). The lowest BCUT2D eigenvalue weighted by Gasteiger charge is -2.08. The first-order chi connectivity index (χ1) is 6.71. The average Bonchev–Trinajstić information content (AvgIpc) is 2.27. The molecule has 0 aliphatic heterocycles. The van der Waals surface area contributed by atoms with Crippen LogP contribution in [0.25, 0.3) is 0 Å². The molecule has 0 radical (unpaired) electrons. The van der Waals surface area contributed by atoms with Crippen LogP contribution in [0.15, 0.2) is 18.2 Å². The van der Waals surface area contributed by atoms with E-state index >= 15 is 0 Å². The van der Waals surface area contributed by atoms with Gasteiger partial charge in [0, 0.05) is 12.5 Å². The first-order valence-corrected chi connectivity index (χ1v) is 4.27. The van der Waals surface area contributed by atoms with Gasteiger partial charge >= 0.3 is 0 Å². The van der Waals surface area contributed by atoms with Gasteiger partial charge in [0.05, 0.1) is 23.3 Å². The van der Waals surface area contributed by atoms with Crippen molar-refractivity contribution in [3.05, 3.63) is 34.9 Å². The monoisotopic (exact) mass is 186 g/mol. The van der Waals surface area contributed by atoms with Crippen LogP contribution >= 0.6 is 0 Å². The Labute approximate surface area is 82.8 Å². The third kappa shape index (κ3) is 2.10. The smallest absolute Gasteiger partial charge is 0.0992 e. The fraction of sp³-hybridized carbons (Fsp3) is 0.273. The van der Waals surface area contributed by atoms with E-state index in [0.29, 0.717) is 11.1 Å².